The summed E-state index contributed by atoms with van der Waals surface area (Å²) in [4.78, 5) is 13.7. The minimum atomic E-state index is -0.373. The number of benzene rings is 2. The molecule has 2 rings (SSSR count). The number of hydrogen-bond acceptors (Lipinski definition) is 2. The van der Waals surface area contributed by atoms with Gasteiger partial charge in [0.1, 0.15) is 0 Å². The van der Waals surface area contributed by atoms with Gasteiger partial charge >= 0.3 is 0 Å². The maximum atomic E-state index is 11.4. The molecule has 0 bridgehead atoms. The number of nitrogens with zero attached hydrogens (tertiary/aromatic N) is 1. The minimum Gasteiger partial charge on any atom is -0.366 e. The highest BCUT2D eigenvalue weighted by Gasteiger charge is 2.07. The Morgan fingerprint density at radius 3 is 2.53 bits per heavy atom. The Hall–Kier alpha value is -1.87. The molecule has 3 nitrogen and oxygen atoms in total. The first-order valence-electron chi connectivity index (χ1n) is 6.69. The van der Waals surface area contributed by atoms with Crippen molar-refractivity contribution in [1.29, 1.82) is 0 Å². The summed E-state index contributed by atoms with van der Waals surface area (Å²) in [6.45, 7) is 7.33. The van der Waals surface area contributed by atoms with Gasteiger partial charge in [0.15, 0.2) is 0 Å². The summed E-state index contributed by atoms with van der Waals surface area (Å²) in [5.41, 5.74) is 7.25. The Morgan fingerprint density at radius 2 is 1.89 bits per heavy atom. The van der Waals surface area contributed by atoms with Gasteiger partial charge in [-0.25, -0.2) is 0 Å². The van der Waals surface area contributed by atoms with Gasteiger partial charge in [-0.2, -0.15) is 0 Å². The van der Waals surface area contributed by atoms with Gasteiger partial charge in [-0.1, -0.05) is 38.1 Å². The maximum absolute atomic E-state index is 11.4. The second kappa shape index (κ2) is 5.85. The van der Waals surface area contributed by atoms with Crippen molar-refractivity contribution in [1.82, 2.24) is 4.90 Å². The van der Waals surface area contributed by atoms with Gasteiger partial charge in [0.2, 0.25) is 5.91 Å². The molecule has 2 aromatic carbocycles. The Balaban J connectivity index is 2.39. The van der Waals surface area contributed by atoms with Crippen molar-refractivity contribution in [2.75, 3.05) is 13.1 Å². The fourth-order valence-electron chi connectivity index (χ4n) is 2.35. The van der Waals surface area contributed by atoms with Gasteiger partial charge in [-0.05, 0) is 41.6 Å². The highest BCUT2D eigenvalue weighted by molar-refractivity contribution is 6.06. The molecule has 2 aromatic rings. The van der Waals surface area contributed by atoms with E-state index < -0.39 is 0 Å². The third-order valence-electron chi connectivity index (χ3n) is 3.51. The Labute approximate surface area is 114 Å². The van der Waals surface area contributed by atoms with Crippen molar-refractivity contribution >= 4 is 16.7 Å². The van der Waals surface area contributed by atoms with Gasteiger partial charge in [0.25, 0.3) is 0 Å². The quantitative estimate of drug-likeness (QED) is 0.894. The first kappa shape index (κ1) is 13.6. The van der Waals surface area contributed by atoms with Crippen LogP contribution in [0.15, 0.2) is 36.4 Å². The monoisotopic (exact) mass is 256 g/mol. The van der Waals surface area contributed by atoms with E-state index in [0.29, 0.717) is 5.56 Å². The third-order valence-corrected chi connectivity index (χ3v) is 3.51. The largest absolute Gasteiger partial charge is 0.366 e. The molecule has 0 saturated carbocycles. The first-order valence-corrected chi connectivity index (χ1v) is 6.69. The van der Waals surface area contributed by atoms with Crippen molar-refractivity contribution < 1.29 is 4.79 Å². The maximum Gasteiger partial charge on any atom is 0.249 e. The van der Waals surface area contributed by atoms with Gasteiger partial charge in [0.05, 0.1) is 0 Å². The van der Waals surface area contributed by atoms with Crippen molar-refractivity contribution in [3.05, 3.63) is 47.5 Å². The highest BCUT2D eigenvalue weighted by atomic mass is 16.1. The zero-order chi connectivity index (χ0) is 13.8. The van der Waals surface area contributed by atoms with Gasteiger partial charge in [0, 0.05) is 12.1 Å². The number of primary amides is 1. The fraction of sp³-hybridized carbons (Fsp3) is 0.312. The van der Waals surface area contributed by atoms with E-state index in [1.54, 1.807) is 6.07 Å². The van der Waals surface area contributed by atoms with E-state index in [1.165, 1.54) is 5.56 Å². The van der Waals surface area contributed by atoms with Crippen molar-refractivity contribution in [3.63, 3.8) is 0 Å². The standard InChI is InChI=1S/C16H20N2O/c1-3-18(4-2)11-12-8-9-14-13(10-12)6-5-7-15(14)16(17)19/h5-10H,3-4,11H2,1-2H3,(H2,17,19). The Bertz CT molecular complexity index is 588. The molecule has 0 aliphatic carbocycles. The molecule has 100 valence electrons. The summed E-state index contributed by atoms with van der Waals surface area (Å²) in [5, 5.41) is 2.00. The van der Waals surface area contributed by atoms with Crippen molar-refractivity contribution in [2.45, 2.75) is 20.4 Å². The number of rotatable bonds is 5. The second-order valence-corrected chi connectivity index (χ2v) is 4.69. The summed E-state index contributed by atoms with van der Waals surface area (Å²) < 4.78 is 0. The molecule has 0 radical (unpaired) electrons. The van der Waals surface area contributed by atoms with Gasteiger partial charge in [-0.15, -0.1) is 0 Å². The van der Waals surface area contributed by atoms with E-state index in [-0.39, 0.29) is 5.91 Å². The van der Waals surface area contributed by atoms with E-state index >= 15 is 0 Å². The lowest BCUT2D eigenvalue weighted by Gasteiger charge is -2.18. The number of fused-ring (bicyclic) bond motifs is 1. The fourth-order valence-corrected chi connectivity index (χ4v) is 2.35. The van der Waals surface area contributed by atoms with E-state index in [2.05, 4.69) is 30.9 Å². The normalized spacial score (nSPS) is 11.1. The summed E-state index contributed by atoms with van der Waals surface area (Å²) in [6, 6.07) is 11.9. The van der Waals surface area contributed by atoms with E-state index in [9.17, 15) is 4.79 Å². The molecule has 0 aromatic heterocycles. The molecule has 0 saturated heterocycles. The van der Waals surface area contributed by atoms with Crippen LogP contribution in [-0.2, 0) is 6.54 Å². The number of carbonyl (C=O) groups is 1. The molecule has 0 spiro atoms. The van der Waals surface area contributed by atoms with Crippen molar-refractivity contribution in [2.24, 2.45) is 5.73 Å². The van der Waals surface area contributed by atoms with Crippen LogP contribution >= 0.6 is 0 Å². The van der Waals surface area contributed by atoms with Crippen LogP contribution in [0.5, 0.6) is 0 Å². The topological polar surface area (TPSA) is 46.3 Å². The van der Waals surface area contributed by atoms with Crippen LogP contribution in [0.1, 0.15) is 29.8 Å². The summed E-state index contributed by atoms with van der Waals surface area (Å²) in [6.07, 6.45) is 0. The molecule has 3 heteroatoms. The molecule has 1 amide bonds. The molecule has 19 heavy (non-hydrogen) atoms. The second-order valence-electron chi connectivity index (χ2n) is 4.69. The zero-order valence-electron chi connectivity index (χ0n) is 11.5. The Kier molecular flexibility index (Phi) is 4.17. The summed E-state index contributed by atoms with van der Waals surface area (Å²) >= 11 is 0. The Morgan fingerprint density at radius 1 is 1.16 bits per heavy atom. The number of nitrogens with two attached hydrogens (primary N) is 1. The molecule has 0 atom stereocenters. The molecule has 0 aliphatic rings. The predicted molar refractivity (Wildman–Crippen MR) is 79.1 cm³/mol. The average Bonchev–Trinajstić information content (AvgIpc) is 2.43. The lowest BCUT2D eigenvalue weighted by atomic mass is 10.0. The molecule has 0 fully saturated rings. The van der Waals surface area contributed by atoms with Crippen LogP contribution < -0.4 is 5.73 Å². The molecular weight excluding hydrogens is 236 g/mol. The van der Waals surface area contributed by atoms with E-state index in [1.807, 2.05) is 18.2 Å². The summed E-state index contributed by atoms with van der Waals surface area (Å²) in [5.74, 6) is -0.373. The minimum absolute atomic E-state index is 0.373. The summed E-state index contributed by atoms with van der Waals surface area (Å²) in [7, 11) is 0. The van der Waals surface area contributed by atoms with Crippen LogP contribution in [0.4, 0.5) is 0 Å². The van der Waals surface area contributed by atoms with E-state index in [0.717, 1.165) is 30.4 Å². The van der Waals surface area contributed by atoms with E-state index in [4.69, 9.17) is 5.73 Å². The first-order chi connectivity index (χ1) is 9.15. The predicted octanol–water partition coefficient (Wildman–Crippen LogP) is 2.78. The van der Waals surface area contributed by atoms with Crippen molar-refractivity contribution in [3.8, 4) is 0 Å². The zero-order valence-corrected chi connectivity index (χ0v) is 11.5. The smallest absolute Gasteiger partial charge is 0.249 e. The lowest BCUT2D eigenvalue weighted by molar-refractivity contribution is 0.100. The molecule has 0 heterocycles. The molecule has 0 unspecified atom stereocenters. The number of amides is 1. The highest BCUT2D eigenvalue weighted by Crippen LogP contribution is 2.20. The van der Waals surface area contributed by atoms with Crippen LogP contribution in [0.2, 0.25) is 0 Å². The van der Waals surface area contributed by atoms with Crippen LogP contribution in [0.3, 0.4) is 0 Å². The lowest BCUT2D eigenvalue weighted by Crippen LogP contribution is -2.22. The van der Waals surface area contributed by atoms with Crippen LogP contribution in [-0.4, -0.2) is 23.9 Å². The number of carbonyl (C=O) groups excluding carboxylic acids is 1. The molecule has 2 N–H and O–H groups in total. The molecule has 0 aliphatic heterocycles. The third kappa shape index (κ3) is 2.93. The molecular formula is C16H20N2O. The van der Waals surface area contributed by atoms with Crippen LogP contribution in [0, 0.1) is 0 Å². The number of hydrogen-bond donors (Lipinski definition) is 1. The SMILES string of the molecule is CCN(CC)Cc1ccc2c(C(N)=O)cccc2c1. The van der Waals surface area contributed by atoms with Gasteiger partial charge < -0.3 is 5.73 Å². The van der Waals surface area contributed by atoms with Gasteiger partial charge in [-0.3, -0.25) is 9.69 Å². The average molecular weight is 256 g/mol. The van der Waals surface area contributed by atoms with Crippen LogP contribution in [0.25, 0.3) is 10.8 Å².